The molecule has 0 saturated carbocycles. The Morgan fingerprint density at radius 3 is 2.29 bits per heavy atom. The van der Waals surface area contributed by atoms with Crippen LogP contribution in [0.2, 0.25) is 5.02 Å². The summed E-state index contributed by atoms with van der Waals surface area (Å²) in [6.07, 6.45) is -0.716. The van der Waals surface area contributed by atoms with Crippen molar-refractivity contribution in [1.29, 1.82) is 0 Å². The van der Waals surface area contributed by atoms with Gasteiger partial charge in [-0.2, -0.15) is 4.31 Å². The number of halogens is 2. The minimum Gasteiger partial charge on any atom is -0.486 e. The lowest BCUT2D eigenvalue weighted by Gasteiger charge is -2.22. The summed E-state index contributed by atoms with van der Waals surface area (Å²) >= 11 is 6.10. The van der Waals surface area contributed by atoms with Crippen LogP contribution in [0.4, 0.5) is 4.39 Å². The van der Waals surface area contributed by atoms with Crippen LogP contribution in [0.15, 0.2) is 77.7 Å². The molecule has 2 atom stereocenters. The van der Waals surface area contributed by atoms with Gasteiger partial charge in [-0.15, -0.1) is 0 Å². The van der Waals surface area contributed by atoms with Crippen molar-refractivity contribution >= 4 is 27.6 Å². The van der Waals surface area contributed by atoms with Crippen molar-refractivity contribution in [3.63, 3.8) is 0 Å². The van der Waals surface area contributed by atoms with E-state index in [-0.39, 0.29) is 23.6 Å². The average Bonchev–Trinajstić information content (AvgIpc) is 3.27. The number of sulfonamides is 1. The lowest BCUT2D eigenvalue weighted by Crippen LogP contribution is -2.41. The molecule has 4 rings (SSSR count). The van der Waals surface area contributed by atoms with Gasteiger partial charge in [0.15, 0.2) is 11.6 Å². The summed E-state index contributed by atoms with van der Waals surface area (Å²) in [7, 11) is -2.92. The van der Waals surface area contributed by atoms with Gasteiger partial charge in [-0.1, -0.05) is 35.9 Å². The lowest BCUT2D eigenvalue weighted by atomic mass is 10.2. The van der Waals surface area contributed by atoms with E-state index in [1.807, 2.05) is 0 Å². The number of carbonyl (C=O) groups is 1. The third-order valence-corrected chi connectivity index (χ3v) is 7.52. The second kappa shape index (κ2) is 10.0. The largest absolute Gasteiger partial charge is 0.486 e. The van der Waals surface area contributed by atoms with Crippen LogP contribution in [0.3, 0.4) is 0 Å². The van der Waals surface area contributed by atoms with Crippen molar-refractivity contribution in [2.24, 2.45) is 0 Å². The number of methoxy groups -OCH3 is 1. The zero-order valence-corrected chi connectivity index (χ0v) is 19.6. The standard InChI is InChI=1S/C24H21ClFNO6S/c1-31-24(28)21-14-17(33-23-9-5-3-7-20(23)26)15-27(21)34(29,30)18-12-10-16(11-13-18)32-22-8-4-2-6-19(22)25/h2-13,17,21H,14-15H2,1H3. The van der Waals surface area contributed by atoms with Gasteiger partial charge in [0.2, 0.25) is 10.0 Å². The molecule has 0 spiro atoms. The Bertz CT molecular complexity index is 1280. The fourth-order valence-corrected chi connectivity index (χ4v) is 5.45. The predicted molar refractivity (Wildman–Crippen MR) is 123 cm³/mol. The van der Waals surface area contributed by atoms with Crippen LogP contribution in [-0.4, -0.2) is 44.5 Å². The molecule has 34 heavy (non-hydrogen) atoms. The van der Waals surface area contributed by atoms with Gasteiger partial charge in [-0.25, -0.2) is 12.8 Å². The molecular formula is C24H21ClFNO6S. The van der Waals surface area contributed by atoms with Crippen molar-refractivity contribution in [3.8, 4) is 17.2 Å². The van der Waals surface area contributed by atoms with E-state index in [2.05, 4.69) is 0 Å². The Labute approximate surface area is 201 Å². The Kier molecular flexibility index (Phi) is 7.06. The summed E-state index contributed by atoms with van der Waals surface area (Å²) in [5.41, 5.74) is 0. The van der Waals surface area contributed by atoms with Crippen molar-refractivity contribution in [2.75, 3.05) is 13.7 Å². The zero-order valence-electron chi connectivity index (χ0n) is 18.1. The maximum absolute atomic E-state index is 14.0. The molecule has 178 valence electrons. The van der Waals surface area contributed by atoms with E-state index >= 15 is 0 Å². The first kappa shape index (κ1) is 24.0. The van der Waals surface area contributed by atoms with Gasteiger partial charge in [0.05, 0.1) is 23.6 Å². The normalized spacial score (nSPS) is 18.4. The SMILES string of the molecule is COC(=O)C1CC(Oc2ccccc2F)CN1S(=O)(=O)c1ccc(Oc2ccccc2Cl)cc1. The molecule has 2 unspecified atom stereocenters. The van der Waals surface area contributed by atoms with Crippen LogP contribution in [0.1, 0.15) is 6.42 Å². The van der Waals surface area contributed by atoms with Crippen LogP contribution in [0.5, 0.6) is 17.2 Å². The molecule has 0 amide bonds. The van der Waals surface area contributed by atoms with E-state index < -0.39 is 34.0 Å². The molecule has 10 heteroatoms. The van der Waals surface area contributed by atoms with E-state index in [0.29, 0.717) is 16.5 Å². The predicted octanol–water partition coefficient (Wildman–Crippen LogP) is 4.66. The summed E-state index contributed by atoms with van der Waals surface area (Å²) in [5, 5.41) is 0.415. The number of hydrogen-bond acceptors (Lipinski definition) is 6. The van der Waals surface area contributed by atoms with Gasteiger partial charge < -0.3 is 14.2 Å². The number of nitrogens with zero attached hydrogens (tertiary/aromatic N) is 1. The molecule has 3 aromatic rings. The first-order valence-electron chi connectivity index (χ1n) is 10.3. The maximum atomic E-state index is 14.0. The van der Waals surface area contributed by atoms with E-state index in [9.17, 15) is 17.6 Å². The molecule has 0 bridgehead atoms. The number of esters is 1. The molecule has 1 saturated heterocycles. The summed E-state index contributed by atoms with van der Waals surface area (Å²) in [4.78, 5) is 12.3. The Hall–Kier alpha value is -3.14. The molecule has 1 aliphatic rings. The van der Waals surface area contributed by atoms with Gasteiger partial charge in [-0.05, 0) is 48.5 Å². The number of rotatable bonds is 7. The van der Waals surface area contributed by atoms with Gasteiger partial charge in [0, 0.05) is 6.42 Å². The van der Waals surface area contributed by atoms with Gasteiger partial charge in [0.25, 0.3) is 0 Å². The monoisotopic (exact) mass is 505 g/mol. The summed E-state index contributed by atoms with van der Waals surface area (Å²) < 4.78 is 58.0. The van der Waals surface area contributed by atoms with Gasteiger partial charge in [-0.3, -0.25) is 4.79 Å². The summed E-state index contributed by atoms with van der Waals surface area (Å²) in [5.74, 6) is -0.497. The quantitative estimate of drug-likeness (QED) is 0.434. The van der Waals surface area contributed by atoms with Crippen LogP contribution < -0.4 is 9.47 Å². The van der Waals surface area contributed by atoms with Crippen molar-refractivity contribution in [1.82, 2.24) is 4.31 Å². The second-order valence-electron chi connectivity index (χ2n) is 7.52. The first-order chi connectivity index (χ1) is 16.3. The number of para-hydroxylation sites is 2. The topological polar surface area (TPSA) is 82.1 Å². The smallest absolute Gasteiger partial charge is 0.324 e. The van der Waals surface area contributed by atoms with Gasteiger partial charge >= 0.3 is 5.97 Å². The van der Waals surface area contributed by atoms with Crippen molar-refractivity contribution < 1.29 is 31.8 Å². The highest BCUT2D eigenvalue weighted by Crippen LogP contribution is 2.33. The summed E-state index contributed by atoms with van der Waals surface area (Å²) in [6, 6.07) is 17.3. The molecule has 0 radical (unpaired) electrons. The highest BCUT2D eigenvalue weighted by molar-refractivity contribution is 7.89. The zero-order chi connectivity index (χ0) is 24.3. The fraction of sp³-hybridized carbons (Fsp3) is 0.208. The maximum Gasteiger partial charge on any atom is 0.324 e. The van der Waals surface area contributed by atoms with Crippen molar-refractivity contribution in [3.05, 3.63) is 83.6 Å². The van der Waals surface area contributed by atoms with E-state index in [1.165, 1.54) is 49.6 Å². The van der Waals surface area contributed by atoms with Crippen LogP contribution in [0.25, 0.3) is 0 Å². The number of hydrogen-bond donors (Lipinski definition) is 0. The van der Waals surface area contributed by atoms with E-state index in [4.69, 9.17) is 25.8 Å². The molecule has 1 aliphatic heterocycles. The minimum atomic E-state index is -4.10. The molecule has 0 N–H and O–H groups in total. The van der Waals surface area contributed by atoms with E-state index in [0.717, 1.165) is 4.31 Å². The highest BCUT2D eigenvalue weighted by Gasteiger charge is 2.45. The molecule has 0 aromatic heterocycles. The van der Waals surface area contributed by atoms with E-state index in [1.54, 1.807) is 30.3 Å². The lowest BCUT2D eigenvalue weighted by molar-refractivity contribution is -0.144. The Morgan fingerprint density at radius 1 is 1.00 bits per heavy atom. The molecule has 3 aromatic carbocycles. The minimum absolute atomic E-state index is 0.0172. The van der Waals surface area contributed by atoms with Gasteiger partial charge in [0.1, 0.15) is 23.6 Å². The van der Waals surface area contributed by atoms with Crippen LogP contribution >= 0.6 is 11.6 Å². The first-order valence-corrected chi connectivity index (χ1v) is 12.1. The van der Waals surface area contributed by atoms with Crippen molar-refractivity contribution in [2.45, 2.75) is 23.5 Å². The molecular weight excluding hydrogens is 485 g/mol. The highest BCUT2D eigenvalue weighted by atomic mass is 35.5. The molecule has 1 fully saturated rings. The molecule has 0 aliphatic carbocycles. The average molecular weight is 506 g/mol. The molecule has 7 nitrogen and oxygen atoms in total. The van der Waals surface area contributed by atoms with Crippen LogP contribution in [0, 0.1) is 5.82 Å². The third kappa shape index (κ3) is 5.01. The number of ether oxygens (including phenoxy) is 3. The number of benzene rings is 3. The Morgan fingerprint density at radius 2 is 1.65 bits per heavy atom. The number of carbonyl (C=O) groups excluding carboxylic acids is 1. The molecule has 1 heterocycles. The second-order valence-corrected chi connectivity index (χ2v) is 9.82. The van der Waals surface area contributed by atoms with Crippen LogP contribution in [-0.2, 0) is 19.6 Å². The third-order valence-electron chi connectivity index (χ3n) is 5.32. The fourth-order valence-electron chi connectivity index (χ4n) is 3.66. The Balaban J connectivity index is 1.55. The summed E-state index contributed by atoms with van der Waals surface area (Å²) in [6.45, 7) is -0.145.